The number of amides is 2. The zero-order valence-electron chi connectivity index (χ0n) is 9.64. The molecule has 94 valence electrons. The maximum absolute atomic E-state index is 11.9. The molecule has 2 N–H and O–H groups in total. The summed E-state index contributed by atoms with van der Waals surface area (Å²) in [6.07, 6.45) is 0. The second-order valence-corrected chi connectivity index (χ2v) is 4.84. The van der Waals surface area contributed by atoms with Gasteiger partial charge in [0.05, 0.1) is 6.54 Å². The van der Waals surface area contributed by atoms with Crippen LogP contribution in [-0.2, 0) is 4.79 Å². The minimum atomic E-state index is -0.565. The lowest BCUT2D eigenvalue weighted by Crippen LogP contribution is -2.35. The number of nitrogens with two attached hydrogens (primary N) is 1. The highest BCUT2D eigenvalue weighted by atomic mass is 79.9. The van der Waals surface area contributed by atoms with Crippen LogP contribution in [0.25, 0.3) is 11.0 Å². The molecule has 2 aromatic rings. The fourth-order valence-electron chi connectivity index (χ4n) is 1.61. The van der Waals surface area contributed by atoms with E-state index < -0.39 is 5.91 Å². The topological polar surface area (TPSA) is 76.5 Å². The van der Waals surface area contributed by atoms with Gasteiger partial charge in [-0.05, 0) is 24.3 Å². The lowest BCUT2D eigenvalue weighted by molar-refractivity contribution is -0.118. The van der Waals surface area contributed by atoms with Gasteiger partial charge in [-0.3, -0.25) is 9.59 Å². The predicted octanol–water partition coefficient (Wildman–Crippen LogP) is 1.75. The fraction of sp³-hybridized carbons (Fsp3) is 0.167. The van der Waals surface area contributed by atoms with Crippen LogP contribution in [0.5, 0.6) is 0 Å². The van der Waals surface area contributed by atoms with Gasteiger partial charge in [-0.15, -0.1) is 0 Å². The number of likely N-dealkylation sites (N-methyl/N-ethyl adjacent to an activating group) is 1. The molecule has 6 heteroatoms. The third-order valence-corrected chi connectivity index (χ3v) is 2.92. The van der Waals surface area contributed by atoms with Crippen LogP contribution in [-0.4, -0.2) is 30.3 Å². The predicted molar refractivity (Wildman–Crippen MR) is 70.1 cm³/mol. The molecule has 0 unspecified atom stereocenters. The van der Waals surface area contributed by atoms with Gasteiger partial charge in [0, 0.05) is 16.9 Å². The average molecular weight is 311 g/mol. The monoisotopic (exact) mass is 310 g/mol. The van der Waals surface area contributed by atoms with Crippen molar-refractivity contribution < 1.29 is 14.0 Å². The molecular formula is C12H11BrN2O3. The molecule has 1 aromatic carbocycles. The number of benzene rings is 1. The maximum atomic E-state index is 11.9. The summed E-state index contributed by atoms with van der Waals surface area (Å²) in [5, 5.41) is 0.820. The van der Waals surface area contributed by atoms with E-state index in [4.69, 9.17) is 10.2 Å². The summed E-state index contributed by atoms with van der Waals surface area (Å²) in [6.45, 7) is -0.139. The summed E-state index contributed by atoms with van der Waals surface area (Å²) >= 11 is 3.34. The first-order valence-corrected chi connectivity index (χ1v) is 5.99. The number of hydrogen-bond donors (Lipinski definition) is 1. The standard InChI is InChI=1S/C12H11BrN2O3/c1-15(6-11(14)16)12(17)10-5-7-4-8(13)2-3-9(7)18-10/h2-5H,6H2,1H3,(H2,14,16). The molecule has 1 aromatic heterocycles. The number of nitrogens with zero attached hydrogens (tertiary/aromatic N) is 1. The Labute approximate surface area is 112 Å². The molecule has 0 bridgehead atoms. The molecule has 0 aliphatic carbocycles. The Morgan fingerprint density at radius 2 is 2.11 bits per heavy atom. The van der Waals surface area contributed by atoms with Gasteiger partial charge < -0.3 is 15.1 Å². The minimum Gasteiger partial charge on any atom is -0.451 e. The Hall–Kier alpha value is -1.82. The van der Waals surface area contributed by atoms with Crippen LogP contribution in [0.3, 0.4) is 0 Å². The van der Waals surface area contributed by atoms with Crippen molar-refractivity contribution in [2.45, 2.75) is 0 Å². The van der Waals surface area contributed by atoms with Gasteiger partial charge in [0.1, 0.15) is 5.58 Å². The van der Waals surface area contributed by atoms with Crippen molar-refractivity contribution in [2.75, 3.05) is 13.6 Å². The van der Waals surface area contributed by atoms with E-state index in [0.717, 1.165) is 9.86 Å². The lowest BCUT2D eigenvalue weighted by atomic mass is 10.2. The zero-order valence-corrected chi connectivity index (χ0v) is 11.2. The molecule has 0 radical (unpaired) electrons. The molecule has 2 amide bonds. The SMILES string of the molecule is CN(CC(N)=O)C(=O)c1cc2cc(Br)ccc2o1. The van der Waals surface area contributed by atoms with Crippen LogP contribution in [0.15, 0.2) is 33.2 Å². The minimum absolute atomic E-state index is 0.139. The number of hydrogen-bond acceptors (Lipinski definition) is 3. The smallest absolute Gasteiger partial charge is 0.289 e. The molecular weight excluding hydrogens is 300 g/mol. The Morgan fingerprint density at radius 3 is 2.78 bits per heavy atom. The van der Waals surface area contributed by atoms with Crippen LogP contribution >= 0.6 is 15.9 Å². The Morgan fingerprint density at radius 1 is 1.39 bits per heavy atom. The molecule has 0 aliphatic rings. The van der Waals surface area contributed by atoms with Crippen LogP contribution in [0.2, 0.25) is 0 Å². The van der Waals surface area contributed by atoms with Crippen molar-refractivity contribution in [3.63, 3.8) is 0 Å². The van der Waals surface area contributed by atoms with Gasteiger partial charge in [0.2, 0.25) is 5.91 Å². The molecule has 0 atom stereocenters. The lowest BCUT2D eigenvalue weighted by Gasteiger charge is -2.12. The van der Waals surface area contributed by atoms with Crippen molar-refractivity contribution in [1.29, 1.82) is 0 Å². The van der Waals surface area contributed by atoms with Gasteiger partial charge in [-0.2, -0.15) is 0 Å². The summed E-state index contributed by atoms with van der Waals surface area (Å²) in [4.78, 5) is 23.9. The molecule has 0 spiro atoms. The van der Waals surface area contributed by atoms with Crippen molar-refractivity contribution in [1.82, 2.24) is 4.90 Å². The maximum Gasteiger partial charge on any atom is 0.289 e. The molecule has 2 rings (SSSR count). The van der Waals surface area contributed by atoms with Crippen molar-refractivity contribution in [3.8, 4) is 0 Å². The van der Waals surface area contributed by atoms with E-state index in [1.165, 1.54) is 11.9 Å². The van der Waals surface area contributed by atoms with Crippen LogP contribution in [0, 0.1) is 0 Å². The van der Waals surface area contributed by atoms with E-state index in [9.17, 15) is 9.59 Å². The van der Waals surface area contributed by atoms with Gasteiger partial charge in [0.15, 0.2) is 5.76 Å². The number of fused-ring (bicyclic) bond motifs is 1. The Bertz CT molecular complexity index is 621. The number of carbonyl (C=O) groups excluding carboxylic acids is 2. The molecule has 0 saturated heterocycles. The van der Waals surface area contributed by atoms with E-state index in [-0.39, 0.29) is 18.2 Å². The first-order chi connectivity index (χ1) is 8.47. The normalized spacial score (nSPS) is 10.6. The molecule has 0 fully saturated rings. The summed E-state index contributed by atoms with van der Waals surface area (Å²) in [6, 6.07) is 7.08. The third-order valence-electron chi connectivity index (χ3n) is 2.43. The largest absolute Gasteiger partial charge is 0.451 e. The summed E-state index contributed by atoms with van der Waals surface area (Å²) < 4.78 is 6.33. The zero-order chi connectivity index (χ0) is 13.3. The Kier molecular flexibility index (Phi) is 3.38. The molecule has 0 saturated carbocycles. The highest BCUT2D eigenvalue weighted by Gasteiger charge is 2.17. The molecule has 5 nitrogen and oxygen atoms in total. The highest BCUT2D eigenvalue weighted by Crippen LogP contribution is 2.23. The van der Waals surface area contributed by atoms with Gasteiger partial charge >= 0.3 is 0 Å². The van der Waals surface area contributed by atoms with E-state index in [0.29, 0.717) is 5.58 Å². The first-order valence-electron chi connectivity index (χ1n) is 5.20. The summed E-state index contributed by atoms with van der Waals surface area (Å²) in [7, 11) is 1.50. The summed E-state index contributed by atoms with van der Waals surface area (Å²) in [5.74, 6) is -0.752. The molecule has 0 aliphatic heterocycles. The van der Waals surface area contributed by atoms with Crippen molar-refractivity contribution in [3.05, 3.63) is 34.5 Å². The van der Waals surface area contributed by atoms with E-state index >= 15 is 0 Å². The quantitative estimate of drug-likeness (QED) is 0.938. The van der Waals surface area contributed by atoms with Gasteiger partial charge in [0.25, 0.3) is 5.91 Å². The average Bonchev–Trinajstić information content (AvgIpc) is 2.69. The van der Waals surface area contributed by atoms with E-state index in [2.05, 4.69) is 15.9 Å². The van der Waals surface area contributed by atoms with Crippen LogP contribution in [0.4, 0.5) is 0 Å². The second kappa shape index (κ2) is 4.81. The molecule has 18 heavy (non-hydrogen) atoms. The van der Waals surface area contributed by atoms with E-state index in [1.807, 2.05) is 12.1 Å². The number of halogens is 1. The van der Waals surface area contributed by atoms with Gasteiger partial charge in [-0.1, -0.05) is 15.9 Å². The van der Waals surface area contributed by atoms with Crippen LogP contribution < -0.4 is 5.73 Å². The first kappa shape index (κ1) is 12.6. The molecule has 1 heterocycles. The number of carbonyl (C=O) groups is 2. The third kappa shape index (κ3) is 2.53. The summed E-state index contributed by atoms with van der Waals surface area (Å²) in [5.41, 5.74) is 5.65. The van der Waals surface area contributed by atoms with Gasteiger partial charge in [-0.25, -0.2) is 0 Å². The second-order valence-electron chi connectivity index (χ2n) is 3.92. The Balaban J connectivity index is 2.30. The number of primary amides is 1. The fourth-order valence-corrected chi connectivity index (χ4v) is 1.99. The number of furan rings is 1. The highest BCUT2D eigenvalue weighted by molar-refractivity contribution is 9.10. The number of rotatable bonds is 3. The van der Waals surface area contributed by atoms with Crippen molar-refractivity contribution in [2.24, 2.45) is 5.73 Å². The van der Waals surface area contributed by atoms with E-state index in [1.54, 1.807) is 12.1 Å². The van der Waals surface area contributed by atoms with Crippen molar-refractivity contribution >= 4 is 38.7 Å². The van der Waals surface area contributed by atoms with Crippen LogP contribution in [0.1, 0.15) is 10.6 Å².